The first-order chi connectivity index (χ1) is 14.2. The fraction of sp³-hybridized carbons (Fsp3) is 0.609. The van der Waals surface area contributed by atoms with Crippen molar-refractivity contribution in [2.24, 2.45) is 5.41 Å². The second kappa shape index (κ2) is 6.39. The van der Waals surface area contributed by atoms with Gasteiger partial charge in [-0.2, -0.15) is 0 Å². The number of likely N-dealkylation sites (tertiary alicyclic amines) is 1. The number of ether oxygens (including phenoxy) is 1. The first-order valence-corrected chi connectivity index (χ1v) is 11.0. The number of hydrogen-bond donors (Lipinski definition) is 0. The van der Waals surface area contributed by atoms with Crippen molar-refractivity contribution in [3.05, 3.63) is 48.0 Å². The van der Waals surface area contributed by atoms with Crippen molar-refractivity contribution in [2.75, 3.05) is 26.3 Å². The standard InChI is InChI=1S/C23H28N4O2/c28-21(23(8-9-23)17-4-2-1-3-5-17)26-14-19(22(15-26)10-12-29-13-11-22)20-25-24-16-27(20)18-6-7-18/h1-5,16,18-19H,6-15H2. The van der Waals surface area contributed by atoms with E-state index in [9.17, 15) is 4.79 Å². The number of hydrogen-bond acceptors (Lipinski definition) is 4. The molecule has 3 heterocycles. The van der Waals surface area contributed by atoms with Crippen molar-refractivity contribution in [3.8, 4) is 0 Å². The molecule has 0 N–H and O–H groups in total. The molecule has 1 amide bonds. The number of benzene rings is 1. The molecule has 2 saturated heterocycles. The molecule has 2 saturated carbocycles. The fourth-order valence-corrected chi connectivity index (χ4v) is 5.71. The zero-order valence-corrected chi connectivity index (χ0v) is 16.8. The highest BCUT2D eigenvalue weighted by Gasteiger charge is 2.58. The normalized spacial score (nSPS) is 27.3. The lowest BCUT2D eigenvalue weighted by atomic mass is 9.71. The Kier molecular flexibility index (Phi) is 3.89. The molecule has 0 radical (unpaired) electrons. The van der Waals surface area contributed by atoms with E-state index < -0.39 is 0 Å². The minimum Gasteiger partial charge on any atom is -0.381 e. The van der Waals surface area contributed by atoms with Gasteiger partial charge in [0.1, 0.15) is 12.2 Å². The molecule has 29 heavy (non-hydrogen) atoms. The van der Waals surface area contributed by atoms with Crippen molar-refractivity contribution in [1.29, 1.82) is 0 Å². The Morgan fingerprint density at radius 3 is 2.52 bits per heavy atom. The lowest BCUT2D eigenvalue weighted by Crippen LogP contribution is -2.40. The predicted octanol–water partition coefficient (Wildman–Crippen LogP) is 3.07. The maximum Gasteiger partial charge on any atom is 0.233 e. The van der Waals surface area contributed by atoms with Crippen LogP contribution in [0.25, 0.3) is 0 Å². The van der Waals surface area contributed by atoms with E-state index in [0.29, 0.717) is 11.9 Å². The highest BCUT2D eigenvalue weighted by atomic mass is 16.5. The van der Waals surface area contributed by atoms with Gasteiger partial charge in [0.25, 0.3) is 0 Å². The van der Waals surface area contributed by atoms with Crippen molar-refractivity contribution < 1.29 is 9.53 Å². The van der Waals surface area contributed by atoms with E-state index in [0.717, 1.165) is 57.8 Å². The van der Waals surface area contributed by atoms with Crippen LogP contribution in [0.3, 0.4) is 0 Å². The Hall–Kier alpha value is -2.21. The van der Waals surface area contributed by atoms with Crippen LogP contribution in [0, 0.1) is 5.41 Å². The Morgan fingerprint density at radius 2 is 1.83 bits per heavy atom. The van der Waals surface area contributed by atoms with Gasteiger partial charge >= 0.3 is 0 Å². The van der Waals surface area contributed by atoms with Gasteiger partial charge in [-0.15, -0.1) is 10.2 Å². The number of carbonyl (C=O) groups excluding carboxylic acids is 1. The molecule has 2 aliphatic carbocycles. The monoisotopic (exact) mass is 392 g/mol. The Labute approximate surface area is 171 Å². The van der Waals surface area contributed by atoms with E-state index in [2.05, 4.69) is 31.8 Å². The smallest absolute Gasteiger partial charge is 0.233 e. The number of amides is 1. The summed E-state index contributed by atoms with van der Waals surface area (Å²) in [6.45, 7) is 3.14. The summed E-state index contributed by atoms with van der Waals surface area (Å²) >= 11 is 0. The molecular weight excluding hydrogens is 364 g/mol. The summed E-state index contributed by atoms with van der Waals surface area (Å²) in [5.74, 6) is 1.66. The maximum absolute atomic E-state index is 13.8. The third-order valence-electron chi connectivity index (χ3n) is 7.76. The average molecular weight is 393 g/mol. The number of aromatic nitrogens is 3. The molecule has 1 aromatic heterocycles. The van der Waals surface area contributed by atoms with E-state index in [4.69, 9.17) is 4.74 Å². The lowest BCUT2D eigenvalue weighted by Gasteiger charge is -2.37. The summed E-state index contributed by atoms with van der Waals surface area (Å²) < 4.78 is 8.00. The van der Waals surface area contributed by atoms with E-state index in [-0.39, 0.29) is 16.7 Å². The molecule has 2 aromatic rings. The summed E-state index contributed by atoms with van der Waals surface area (Å²) in [5, 5.41) is 8.84. The summed E-state index contributed by atoms with van der Waals surface area (Å²) in [7, 11) is 0. The Bertz CT molecular complexity index is 910. The molecule has 2 aliphatic heterocycles. The Morgan fingerprint density at radius 1 is 1.07 bits per heavy atom. The number of nitrogens with zero attached hydrogens (tertiary/aromatic N) is 4. The summed E-state index contributed by atoms with van der Waals surface area (Å²) in [4.78, 5) is 15.9. The zero-order valence-electron chi connectivity index (χ0n) is 16.8. The van der Waals surface area contributed by atoms with E-state index >= 15 is 0 Å². The first kappa shape index (κ1) is 17.6. The molecule has 4 aliphatic rings. The molecule has 0 bridgehead atoms. The van der Waals surface area contributed by atoms with Gasteiger partial charge in [0.15, 0.2) is 0 Å². The Balaban J connectivity index is 1.33. The molecule has 6 heteroatoms. The third kappa shape index (κ3) is 2.75. The molecule has 4 fully saturated rings. The van der Waals surface area contributed by atoms with Crippen molar-refractivity contribution >= 4 is 5.91 Å². The third-order valence-corrected chi connectivity index (χ3v) is 7.76. The largest absolute Gasteiger partial charge is 0.381 e. The van der Waals surface area contributed by atoms with Gasteiger partial charge in [-0.05, 0) is 44.1 Å². The molecular formula is C23H28N4O2. The molecule has 152 valence electrons. The second-order valence-electron chi connectivity index (χ2n) is 9.49. The van der Waals surface area contributed by atoms with E-state index in [1.807, 2.05) is 24.5 Å². The van der Waals surface area contributed by atoms with Crippen LogP contribution in [0.5, 0.6) is 0 Å². The summed E-state index contributed by atoms with van der Waals surface area (Å²) in [5.41, 5.74) is 0.947. The van der Waals surface area contributed by atoms with Gasteiger partial charge in [-0.25, -0.2) is 0 Å². The quantitative estimate of drug-likeness (QED) is 0.802. The van der Waals surface area contributed by atoms with Crippen LogP contribution >= 0.6 is 0 Å². The number of carbonyl (C=O) groups is 1. The average Bonchev–Trinajstić information content (AvgIpc) is 3.69. The topological polar surface area (TPSA) is 60.2 Å². The van der Waals surface area contributed by atoms with Gasteiger partial charge < -0.3 is 14.2 Å². The second-order valence-corrected chi connectivity index (χ2v) is 9.49. The molecule has 1 spiro atoms. The number of rotatable bonds is 4. The summed E-state index contributed by atoms with van der Waals surface area (Å²) in [6, 6.07) is 10.9. The van der Waals surface area contributed by atoms with Crippen LogP contribution < -0.4 is 0 Å². The lowest BCUT2D eigenvalue weighted by molar-refractivity contribution is -0.133. The zero-order chi connectivity index (χ0) is 19.5. The van der Waals surface area contributed by atoms with Crippen molar-refractivity contribution in [1.82, 2.24) is 19.7 Å². The molecule has 6 rings (SSSR count). The highest BCUT2D eigenvalue weighted by Crippen LogP contribution is 2.54. The van der Waals surface area contributed by atoms with Crippen molar-refractivity contribution in [3.63, 3.8) is 0 Å². The minimum absolute atomic E-state index is 0.0698. The maximum atomic E-state index is 13.8. The van der Waals surface area contributed by atoms with Crippen LogP contribution in [0.4, 0.5) is 0 Å². The van der Waals surface area contributed by atoms with Gasteiger partial charge in [0, 0.05) is 43.7 Å². The van der Waals surface area contributed by atoms with Crippen LogP contribution in [-0.2, 0) is 14.9 Å². The molecule has 1 unspecified atom stereocenters. The highest BCUT2D eigenvalue weighted by molar-refractivity contribution is 5.91. The minimum atomic E-state index is -0.299. The molecule has 6 nitrogen and oxygen atoms in total. The van der Waals surface area contributed by atoms with E-state index in [1.165, 1.54) is 18.4 Å². The van der Waals surface area contributed by atoms with Crippen LogP contribution in [0.1, 0.15) is 61.9 Å². The summed E-state index contributed by atoms with van der Waals surface area (Å²) in [6.07, 6.45) is 8.25. The van der Waals surface area contributed by atoms with Gasteiger partial charge in [-0.1, -0.05) is 30.3 Å². The SMILES string of the molecule is O=C(N1CC(c2nncn2C2CC2)C2(CCOCC2)C1)C1(c2ccccc2)CC1. The van der Waals surface area contributed by atoms with E-state index in [1.54, 1.807) is 0 Å². The van der Waals surface area contributed by atoms with Gasteiger partial charge in [-0.3, -0.25) is 4.79 Å². The van der Waals surface area contributed by atoms with Crippen molar-refractivity contribution in [2.45, 2.75) is 55.9 Å². The van der Waals surface area contributed by atoms with Gasteiger partial charge in [0.05, 0.1) is 5.41 Å². The van der Waals surface area contributed by atoms with Gasteiger partial charge in [0.2, 0.25) is 5.91 Å². The fourth-order valence-electron chi connectivity index (χ4n) is 5.71. The van der Waals surface area contributed by atoms with Crippen LogP contribution in [0.15, 0.2) is 36.7 Å². The van der Waals surface area contributed by atoms with Crippen LogP contribution in [0.2, 0.25) is 0 Å². The van der Waals surface area contributed by atoms with Crippen LogP contribution in [-0.4, -0.2) is 51.9 Å². The molecule has 1 atom stereocenters. The first-order valence-electron chi connectivity index (χ1n) is 11.0. The predicted molar refractivity (Wildman–Crippen MR) is 107 cm³/mol. The molecule has 1 aromatic carbocycles.